The molecule has 0 amide bonds. The standard InChI is InChI=1S/C28H56O4Si4/c1-33(25-17-9-5-10-18-25)29-34(2,26-19-11-6-12-20-26)31-36(4,28-23-15-8-16-24-28)32-35(3,30-33)27-21-13-7-14-22-27/h25-28H,5-24H2,1-4H3. The Kier molecular flexibility index (Phi) is 9.16. The van der Waals surface area contributed by atoms with Gasteiger partial charge in [0.2, 0.25) is 0 Å². The molecule has 1 aliphatic heterocycles. The number of rotatable bonds is 4. The zero-order valence-electron chi connectivity index (χ0n) is 24.1. The van der Waals surface area contributed by atoms with Gasteiger partial charge in [0.25, 0.3) is 0 Å². The van der Waals surface area contributed by atoms with Crippen LogP contribution in [0.4, 0.5) is 0 Å². The van der Waals surface area contributed by atoms with Crippen molar-refractivity contribution in [3.05, 3.63) is 0 Å². The van der Waals surface area contributed by atoms with E-state index in [1.807, 2.05) is 0 Å². The summed E-state index contributed by atoms with van der Waals surface area (Å²) < 4.78 is 31.0. The molecule has 36 heavy (non-hydrogen) atoms. The molecule has 0 aromatic heterocycles. The lowest BCUT2D eigenvalue weighted by Crippen LogP contribution is -2.71. The summed E-state index contributed by atoms with van der Waals surface area (Å²) in [7, 11) is -9.89. The van der Waals surface area contributed by atoms with Crippen LogP contribution in [0.3, 0.4) is 0 Å². The zero-order chi connectivity index (χ0) is 25.3. The zero-order valence-corrected chi connectivity index (χ0v) is 28.1. The third kappa shape index (κ3) is 6.05. The summed E-state index contributed by atoms with van der Waals surface area (Å²) >= 11 is 0. The monoisotopic (exact) mass is 568 g/mol. The van der Waals surface area contributed by atoms with E-state index in [2.05, 4.69) is 26.2 Å². The van der Waals surface area contributed by atoms with Crippen LogP contribution in [0, 0.1) is 0 Å². The molecule has 0 bridgehead atoms. The highest BCUT2D eigenvalue weighted by Crippen LogP contribution is 2.53. The predicted molar refractivity (Wildman–Crippen MR) is 158 cm³/mol. The summed E-state index contributed by atoms with van der Waals surface area (Å²) in [4.78, 5) is 0. The maximum absolute atomic E-state index is 7.74. The average molecular weight is 569 g/mol. The van der Waals surface area contributed by atoms with Crippen molar-refractivity contribution in [3.63, 3.8) is 0 Å². The Bertz CT molecular complexity index is 584. The highest BCUT2D eigenvalue weighted by Gasteiger charge is 2.64. The SMILES string of the molecule is C[Si]1(C2CCCCC2)O[Si](C)(C2CCCCC2)O[Si](C)(C2CCCCC2)O[Si](C)(C2CCCCC2)O1. The molecule has 4 nitrogen and oxygen atoms in total. The molecular formula is C28H56O4Si4. The third-order valence-corrected chi connectivity index (χ3v) is 32.2. The molecule has 1 saturated heterocycles. The molecule has 0 radical (unpaired) electrons. The van der Waals surface area contributed by atoms with E-state index in [4.69, 9.17) is 16.5 Å². The van der Waals surface area contributed by atoms with Gasteiger partial charge in [-0.25, -0.2) is 0 Å². The topological polar surface area (TPSA) is 36.9 Å². The van der Waals surface area contributed by atoms with E-state index in [1.165, 1.54) is 128 Å². The van der Waals surface area contributed by atoms with E-state index in [-0.39, 0.29) is 0 Å². The number of hydrogen-bond acceptors (Lipinski definition) is 4. The Labute approximate surface area is 227 Å². The Balaban J connectivity index is 1.54. The molecule has 4 aliphatic carbocycles. The number of hydrogen-bond donors (Lipinski definition) is 0. The molecule has 0 atom stereocenters. The second-order valence-electron chi connectivity index (χ2n) is 13.8. The van der Waals surface area contributed by atoms with Crippen LogP contribution < -0.4 is 0 Å². The van der Waals surface area contributed by atoms with Crippen LogP contribution in [0.1, 0.15) is 128 Å². The van der Waals surface area contributed by atoms with Crippen LogP contribution in [-0.2, 0) is 16.5 Å². The van der Waals surface area contributed by atoms with Crippen LogP contribution in [0.2, 0.25) is 48.4 Å². The van der Waals surface area contributed by atoms with Gasteiger partial charge in [-0.2, -0.15) is 0 Å². The lowest BCUT2D eigenvalue weighted by Gasteiger charge is -2.57. The van der Waals surface area contributed by atoms with Gasteiger partial charge >= 0.3 is 34.2 Å². The highest BCUT2D eigenvalue weighted by molar-refractivity contribution is 6.95. The van der Waals surface area contributed by atoms with Crippen molar-refractivity contribution in [1.29, 1.82) is 0 Å². The minimum Gasteiger partial charge on any atom is -0.415 e. The van der Waals surface area contributed by atoms with Crippen molar-refractivity contribution in [3.8, 4) is 0 Å². The Morgan fingerprint density at radius 3 is 0.639 bits per heavy atom. The highest BCUT2D eigenvalue weighted by atomic mass is 28.5. The largest absolute Gasteiger partial charge is 0.415 e. The van der Waals surface area contributed by atoms with E-state index in [0.29, 0.717) is 22.2 Å². The molecular weight excluding hydrogens is 513 g/mol. The molecule has 0 aromatic rings. The average Bonchev–Trinajstić information content (AvgIpc) is 2.90. The lowest BCUT2D eigenvalue weighted by molar-refractivity contribution is 0.180. The second-order valence-corrected chi connectivity index (χ2v) is 28.5. The molecule has 208 valence electrons. The summed E-state index contributed by atoms with van der Waals surface area (Å²) in [6.07, 6.45) is 26.7. The smallest absolute Gasteiger partial charge is 0.320 e. The second kappa shape index (κ2) is 11.7. The molecule has 4 saturated carbocycles. The van der Waals surface area contributed by atoms with Gasteiger partial charge in [0.05, 0.1) is 0 Å². The fourth-order valence-corrected chi connectivity index (χ4v) is 35.1. The van der Waals surface area contributed by atoms with Gasteiger partial charge in [-0.05, 0) is 77.6 Å². The van der Waals surface area contributed by atoms with Gasteiger partial charge in [0.1, 0.15) is 0 Å². The van der Waals surface area contributed by atoms with Gasteiger partial charge in [-0.15, -0.1) is 0 Å². The maximum Gasteiger partial charge on any atom is 0.320 e. The van der Waals surface area contributed by atoms with E-state index in [9.17, 15) is 0 Å². The van der Waals surface area contributed by atoms with Gasteiger partial charge in [-0.1, -0.05) is 77.0 Å². The first-order valence-corrected chi connectivity index (χ1v) is 25.6. The van der Waals surface area contributed by atoms with E-state index in [0.717, 1.165) is 0 Å². The van der Waals surface area contributed by atoms with Crippen molar-refractivity contribution in [2.45, 2.75) is 177 Å². The normalized spacial score (nSPS) is 43.7. The minimum atomic E-state index is -2.47. The summed E-state index contributed by atoms with van der Waals surface area (Å²) in [6, 6.07) is 0. The first kappa shape index (κ1) is 28.2. The van der Waals surface area contributed by atoms with Crippen molar-refractivity contribution >= 4 is 34.2 Å². The van der Waals surface area contributed by atoms with Gasteiger partial charge in [0.15, 0.2) is 0 Å². The molecule has 8 heteroatoms. The van der Waals surface area contributed by atoms with E-state index in [1.54, 1.807) is 0 Å². The third-order valence-electron chi connectivity index (χ3n) is 11.0. The predicted octanol–water partition coefficient (Wildman–Crippen LogP) is 9.69. The minimum absolute atomic E-state index is 0.616. The van der Waals surface area contributed by atoms with Crippen LogP contribution in [0.15, 0.2) is 0 Å². The molecule has 1 heterocycles. The van der Waals surface area contributed by atoms with Crippen LogP contribution in [-0.4, -0.2) is 34.2 Å². The Morgan fingerprint density at radius 1 is 0.306 bits per heavy atom. The molecule has 0 unspecified atom stereocenters. The molecule has 0 aromatic carbocycles. The first-order chi connectivity index (χ1) is 17.2. The van der Waals surface area contributed by atoms with Gasteiger partial charge < -0.3 is 16.5 Å². The summed E-state index contributed by atoms with van der Waals surface area (Å²) in [5.41, 5.74) is 2.46. The molecule has 5 fully saturated rings. The lowest BCUT2D eigenvalue weighted by atomic mass is 10.0. The molecule has 0 N–H and O–H groups in total. The van der Waals surface area contributed by atoms with Crippen LogP contribution >= 0.6 is 0 Å². The Morgan fingerprint density at radius 2 is 0.472 bits per heavy atom. The van der Waals surface area contributed by atoms with Crippen LogP contribution in [0.5, 0.6) is 0 Å². The van der Waals surface area contributed by atoms with Crippen molar-refractivity contribution in [2.24, 2.45) is 0 Å². The van der Waals surface area contributed by atoms with Crippen molar-refractivity contribution in [2.75, 3.05) is 0 Å². The van der Waals surface area contributed by atoms with E-state index >= 15 is 0 Å². The van der Waals surface area contributed by atoms with E-state index < -0.39 is 34.2 Å². The summed E-state index contributed by atoms with van der Waals surface area (Å²) in [5, 5.41) is 0. The summed E-state index contributed by atoms with van der Waals surface area (Å²) in [6.45, 7) is 9.90. The molecule has 5 rings (SSSR count). The molecule has 0 spiro atoms. The van der Waals surface area contributed by atoms with Gasteiger partial charge in [0, 0.05) is 22.2 Å². The molecule has 5 aliphatic rings. The fraction of sp³-hybridized carbons (Fsp3) is 1.00. The van der Waals surface area contributed by atoms with Crippen molar-refractivity contribution < 1.29 is 16.5 Å². The fourth-order valence-electron chi connectivity index (χ4n) is 8.87. The summed E-state index contributed by atoms with van der Waals surface area (Å²) in [5.74, 6) is 0. The van der Waals surface area contributed by atoms with Crippen LogP contribution in [0.25, 0.3) is 0 Å². The Hall–Kier alpha value is 0.708. The van der Waals surface area contributed by atoms with Gasteiger partial charge in [-0.3, -0.25) is 0 Å². The van der Waals surface area contributed by atoms with Crippen molar-refractivity contribution in [1.82, 2.24) is 0 Å². The maximum atomic E-state index is 7.74. The quantitative estimate of drug-likeness (QED) is 0.316. The first-order valence-electron chi connectivity index (χ1n) is 16.1.